The predicted molar refractivity (Wildman–Crippen MR) is 65.2 cm³/mol. The number of hydrogen-bond donors (Lipinski definition) is 2. The van der Waals surface area contributed by atoms with Crippen molar-refractivity contribution in [2.45, 2.75) is 57.9 Å². The van der Waals surface area contributed by atoms with Gasteiger partial charge in [-0.05, 0) is 37.5 Å². The van der Waals surface area contributed by atoms with Crippen molar-refractivity contribution in [3.05, 3.63) is 0 Å². The van der Waals surface area contributed by atoms with Crippen molar-refractivity contribution >= 4 is 5.91 Å². The third-order valence-electron chi connectivity index (χ3n) is 3.71. The Morgan fingerprint density at radius 1 is 1.38 bits per heavy atom. The Bertz CT molecular complexity index is 244. The lowest BCUT2D eigenvalue weighted by atomic mass is 10.0. The molecule has 2 N–H and O–H groups in total. The summed E-state index contributed by atoms with van der Waals surface area (Å²) < 4.78 is 0. The van der Waals surface area contributed by atoms with Gasteiger partial charge in [-0.15, -0.1) is 0 Å². The van der Waals surface area contributed by atoms with Crippen molar-refractivity contribution in [2.75, 3.05) is 13.1 Å². The standard InChI is InChI=1S/C13H24N2O/c1-2-6-13(7-8-13)10-14-9-5-12(16)15-11-3-4-11/h11,14H,2-10H2,1H3,(H,15,16). The van der Waals surface area contributed by atoms with Crippen LogP contribution < -0.4 is 10.6 Å². The lowest BCUT2D eigenvalue weighted by Gasteiger charge is -2.14. The molecule has 0 aromatic heterocycles. The Labute approximate surface area is 98.4 Å². The van der Waals surface area contributed by atoms with Crippen molar-refractivity contribution in [2.24, 2.45) is 5.41 Å². The van der Waals surface area contributed by atoms with E-state index in [1.807, 2.05) is 0 Å². The van der Waals surface area contributed by atoms with Crippen molar-refractivity contribution in [3.63, 3.8) is 0 Å². The molecular weight excluding hydrogens is 200 g/mol. The molecule has 2 saturated carbocycles. The third kappa shape index (κ3) is 3.78. The highest BCUT2D eigenvalue weighted by molar-refractivity contribution is 5.76. The van der Waals surface area contributed by atoms with Crippen LogP contribution in [0.5, 0.6) is 0 Å². The Morgan fingerprint density at radius 2 is 2.12 bits per heavy atom. The zero-order chi connectivity index (χ0) is 11.4. The van der Waals surface area contributed by atoms with Crippen LogP contribution in [0.4, 0.5) is 0 Å². The fraction of sp³-hybridized carbons (Fsp3) is 0.923. The largest absolute Gasteiger partial charge is 0.353 e. The summed E-state index contributed by atoms with van der Waals surface area (Å²) in [5.41, 5.74) is 0.599. The average Bonchev–Trinajstić information content (AvgIpc) is 3.12. The minimum Gasteiger partial charge on any atom is -0.353 e. The Kier molecular flexibility index (Phi) is 3.85. The van der Waals surface area contributed by atoms with Crippen LogP contribution in [-0.4, -0.2) is 25.0 Å². The smallest absolute Gasteiger partial charge is 0.221 e. The summed E-state index contributed by atoms with van der Waals surface area (Å²) in [6.45, 7) is 4.20. The average molecular weight is 224 g/mol. The molecule has 0 aromatic rings. The first-order chi connectivity index (χ1) is 7.74. The van der Waals surface area contributed by atoms with E-state index < -0.39 is 0 Å². The normalized spacial score (nSPS) is 21.8. The number of carbonyl (C=O) groups excluding carboxylic acids is 1. The minimum absolute atomic E-state index is 0.218. The molecule has 2 rings (SSSR count). The molecule has 3 nitrogen and oxygen atoms in total. The van der Waals surface area contributed by atoms with Gasteiger partial charge in [-0.25, -0.2) is 0 Å². The molecule has 0 spiro atoms. The highest BCUT2D eigenvalue weighted by Gasteiger charge is 2.40. The molecule has 0 heterocycles. The van der Waals surface area contributed by atoms with Crippen LogP contribution in [0.15, 0.2) is 0 Å². The molecule has 0 bridgehead atoms. The topological polar surface area (TPSA) is 41.1 Å². The van der Waals surface area contributed by atoms with E-state index in [2.05, 4.69) is 17.6 Å². The van der Waals surface area contributed by atoms with Gasteiger partial charge in [0.15, 0.2) is 0 Å². The molecule has 92 valence electrons. The summed E-state index contributed by atoms with van der Waals surface area (Å²) in [5.74, 6) is 0.218. The van der Waals surface area contributed by atoms with E-state index >= 15 is 0 Å². The van der Waals surface area contributed by atoms with Crippen molar-refractivity contribution in [3.8, 4) is 0 Å². The lowest BCUT2D eigenvalue weighted by Crippen LogP contribution is -2.31. The number of rotatable bonds is 8. The van der Waals surface area contributed by atoms with Crippen molar-refractivity contribution in [1.29, 1.82) is 0 Å². The second kappa shape index (κ2) is 5.17. The Hall–Kier alpha value is -0.570. The second-order valence-corrected chi connectivity index (χ2v) is 5.52. The van der Waals surface area contributed by atoms with E-state index in [-0.39, 0.29) is 5.91 Å². The molecule has 0 aromatic carbocycles. The monoisotopic (exact) mass is 224 g/mol. The van der Waals surface area contributed by atoms with E-state index in [4.69, 9.17) is 0 Å². The Balaban J connectivity index is 1.49. The maximum atomic E-state index is 11.4. The van der Waals surface area contributed by atoms with Crippen LogP contribution in [0.2, 0.25) is 0 Å². The zero-order valence-electron chi connectivity index (χ0n) is 10.3. The zero-order valence-corrected chi connectivity index (χ0v) is 10.3. The quantitative estimate of drug-likeness (QED) is 0.618. The third-order valence-corrected chi connectivity index (χ3v) is 3.71. The first kappa shape index (κ1) is 11.9. The van der Waals surface area contributed by atoms with Crippen LogP contribution >= 0.6 is 0 Å². The van der Waals surface area contributed by atoms with Crippen LogP contribution in [0.25, 0.3) is 0 Å². The molecule has 3 heteroatoms. The molecule has 1 amide bonds. The van der Waals surface area contributed by atoms with Crippen LogP contribution in [0, 0.1) is 5.41 Å². The first-order valence-electron chi connectivity index (χ1n) is 6.74. The van der Waals surface area contributed by atoms with Gasteiger partial charge in [0.2, 0.25) is 5.91 Å². The summed E-state index contributed by atoms with van der Waals surface area (Å²) in [6, 6.07) is 0.502. The SMILES string of the molecule is CCCC1(CNCCC(=O)NC2CC2)CC1. The summed E-state index contributed by atoms with van der Waals surface area (Å²) >= 11 is 0. The highest BCUT2D eigenvalue weighted by atomic mass is 16.1. The van der Waals surface area contributed by atoms with Gasteiger partial charge < -0.3 is 10.6 Å². The number of nitrogens with one attached hydrogen (secondary N) is 2. The van der Waals surface area contributed by atoms with Crippen LogP contribution in [0.1, 0.15) is 51.9 Å². The Morgan fingerprint density at radius 3 is 2.69 bits per heavy atom. The highest BCUT2D eigenvalue weighted by Crippen LogP contribution is 2.48. The summed E-state index contributed by atoms with van der Waals surface area (Å²) in [4.78, 5) is 11.4. The van der Waals surface area contributed by atoms with Gasteiger partial charge in [0.25, 0.3) is 0 Å². The second-order valence-electron chi connectivity index (χ2n) is 5.52. The van der Waals surface area contributed by atoms with Crippen molar-refractivity contribution < 1.29 is 4.79 Å². The first-order valence-corrected chi connectivity index (χ1v) is 6.74. The van der Waals surface area contributed by atoms with E-state index in [1.165, 1.54) is 38.5 Å². The molecule has 0 atom stereocenters. The van der Waals surface area contributed by atoms with Gasteiger partial charge in [-0.1, -0.05) is 13.3 Å². The molecule has 2 fully saturated rings. The molecule has 0 saturated heterocycles. The van der Waals surface area contributed by atoms with E-state index in [9.17, 15) is 4.79 Å². The van der Waals surface area contributed by atoms with Crippen LogP contribution in [-0.2, 0) is 4.79 Å². The summed E-state index contributed by atoms with van der Waals surface area (Å²) in [6.07, 6.45) is 8.37. The molecule has 2 aliphatic rings. The predicted octanol–water partition coefficient (Wildman–Crippen LogP) is 1.82. The lowest BCUT2D eigenvalue weighted by molar-refractivity contribution is -0.121. The van der Waals surface area contributed by atoms with E-state index in [0.29, 0.717) is 17.9 Å². The van der Waals surface area contributed by atoms with Crippen LogP contribution in [0.3, 0.4) is 0 Å². The molecule has 2 aliphatic carbocycles. The van der Waals surface area contributed by atoms with Gasteiger partial charge in [-0.2, -0.15) is 0 Å². The minimum atomic E-state index is 0.218. The number of carbonyl (C=O) groups is 1. The molecule has 16 heavy (non-hydrogen) atoms. The van der Waals surface area contributed by atoms with Gasteiger partial charge in [0.1, 0.15) is 0 Å². The van der Waals surface area contributed by atoms with E-state index in [1.54, 1.807) is 0 Å². The van der Waals surface area contributed by atoms with Gasteiger partial charge in [0, 0.05) is 25.6 Å². The van der Waals surface area contributed by atoms with Gasteiger partial charge >= 0.3 is 0 Å². The molecule has 0 unspecified atom stereocenters. The van der Waals surface area contributed by atoms with Crippen molar-refractivity contribution in [1.82, 2.24) is 10.6 Å². The molecular formula is C13H24N2O. The fourth-order valence-corrected chi connectivity index (χ4v) is 2.31. The maximum absolute atomic E-state index is 11.4. The fourth-order valence-electron chi connectivity index (χ4n) is 2.31. The summed E-state index contributed by atoms with van der Waals surface area (Å²) in [7, 11) is 0. The maximum Gasteiger partial charge on any atom is 0.221 e. The number of hydrogen-bond acceptors (Lipinski definition) is 2. The summed E-state index contributed by atoms with van der Waals surface area (Å²) in [5, 5.41) is 6.45. The van der Waals surface area contributed by atoms with Gasteiger partial charge in [0.05, 0.1) is 0 Å². The number of amides is 1. The van der Waals surface area contributed by atoms with Gasteiger partial charge in [-0.3, -0.25) is 4.79 Å². The molecule has 0 aliphatic heterocycles. The van der Waals surface area contributed by atoms with E-state index in [0.717, 1.165) is 13.1 Å². The molecule has 0 radical (unpaired) electrons.